The Hall–Kier alpha value is -1.90. The van der Waals surface area contributed by atoms with Crippen LogP contribution in [0.5, 0.6) is 5.75 Å². The molecule has 9 heteroatoms. The first-order valence-corrected chi connectivity index (χ1v) is 11.9. The molecule has 0 radical (unpaired) electrons. The number of nitrogens with zero attached hydrogens (tertiary/aromatic N) is 3. The number of ether oxygens (including phenoxy) is 1. The van der Waals surface area contributed by atoms with Gasteiger partial charge in [0.1, 0.15) is 0 Å². The molecule has 2 atom stereocenters. The number of imide groups is 1. The summed E-state index contributed by atoms with van der Waals surface area (Å²) in [6, 6.07) is 5.12. The first-order valence-electron chi connectivity index (χ1n) is 11.9. The summed E-state index contributed by atoms with van der Waals surface area (Å²) in [5, 5.41) is 3.33. The summed E-state index contributed by atoms with van der Waals surface area (Å²) in [5.41, 5.74) is 0.801. The summed E-state index contributed by atoms with van der Waals surface area (Å²) in [6.45, 7) is 10.2. The number of nitrogens with one attached hydrogen (secondary N) is 1. The van der Waals surface area contributed by atoms with Gasteiger partial charge in [-0.2, -0.15) is 0 Å². The fraction of sp³-hybridized carbons (Fsp3) is 0.667. The molecule has 2 saturated heterocycles. The fourth-order valence-electron chi connectivity index (χ4n) is 4.58. The van der Waals surface area contributed by atoms with Gasteiger partial charge >= 0.3 is 0 Å². The lowest BCUT2D eigenvalue weighted by Gasteiger charge is -2.37. The average Bonchev–Trinajstić information content (AvgIpc) is 3.56. The molecule has 1 aromatic rings. The molecule has 1 N–H and O–H groups in total. The van der Waals surface area contributed by atoms with Crippen LogP contribution in [0.4, 0.5) is 10.1 Å². The maximum atomic E-state index is 14.3. The van der Waals surface area contributed by atoms with Crippen molar-refractivity contribution in [3.63, 3.8) is 0 Å². The summed E-state index contributed by atoms with van der Waals surface area (Å²) < 4.78 is 20.1. The maximum Gasteiger partial charge on any atom is 0.247 e. The number of para-hydroxylation sites is 1. The van der Waals surface area contributed by atoms with Gasteiger partial charge in [-0.3, -0.25) is 19.4 Å². The van der Waals surface area contributed by atoms with Crippen LogP contribution in [0.3, 0.4) is 0 Å². The Morgan fingerprint density at radius 1 is 1.09 bits per heavy atom. The lowest BCUT2D eigenvalue weighted by Crippen LogP contribution is -2.47. The number of piperazine rings is 1. The molecule has 2 unspecified atom stereocenters. The lowest BCUT2D eigenvalue weighted by molar-refractivity contribution is -0.139. The Kier molecular flexibility index (Phi) is 8.59. The van der Waals surface area contributed by atoms with E-state index in [-0.39, 0.29) is 48.1 Å². The first-order chi connectivity index (χ1) is 15.3. The van der Waals surface area contributed by atoms with E-state index in [0.29, 0.717) is 18.3 Å². The molecule has 2 aliphatic heterocycles. The number of carbonyl (C=O) groups is 2. The van der Waals surface area contributed by atoms with Crippen LogP contribution in [0.25, 0.3) is 0 Å². The highest BCUT2D eigenvalue weighted by Crippen LogP contribution is 2.33. The van der Waals surface area contributed by atoms with Crippen LogP contribution in [0, 0.1) is 11.7 Å². The van der Waals surface area contributed by atoms with E-state index in [9.17, 15) is 14.0 Å². The number of amides is 2. The van der Waals surface area contributed by atoms with Crippen molar-refractivity contribution < 1.29 is 18.7 Å². The Balaban J connectivity index is 0.00000306. The van der Waals surface area contributed by atoms with Crippen molar-refractivity contribution in [2.75, 3.05) is 44.2 Å². The highest BCUT2D eigenvalue weighted by molar-refractivity contribution is 6.06. The van der Waals surface area contributed by atoms with Gasteiger partial charge in [-0.1, -0.05) is 13.0 Å². The predicted octanol–water partition coefficient (Wildman–Crippen LogP) is 2.67. The van der Waals surface area contributed by atoms with Crippen LogP contribution in [-0.4, -0.2) is 79.1 Å². The second kappa shape index (κ2) is 11.0. The van der Waals surface area contributed by atoms with Gasteiger partial charge in [0.15, 0.2) is 11.6 Å². The molecular weight excluding hydrogens is 447 g/mol. The molecule has 3 aliphatic rings. The summed E-state index contributed by atoms with van der Waals surface area (Å²) in [7, 11) is 0. The molecule has 7 nitrogen and oxygen atoms in total. The number of hydrogen-bond donors (Lipinski definition) is 1. The fourth-order valence-corrected chi connectivity index (χ4v) is 4.58. The molecule has 4 rings (SSSR count). The van der Waals surface area contributed by atoms with Crippen molar-refractivity contribution >= 4 is 29.9 Å². The minimum absolute atomic E-state index is 0. The van der Waals surface area contributed by atoms with Crippen molar-refractivity contribution in [3.05, 3.63) is 24.0 Å². The Bertz CT molecular complexity index is 843. The number of rotatable bonds is 9. The largest absolute Gasteiger partial charge is 0.486 e. The normalized spacial score (nSPS) is 23.9. The maximum absolute atomic E-state index is 14.3. The SMILES string of the molecule is CC(C)Oc1c(F)cccc1N1CCN(CCCN2C(=O)C(C)C(NC3CC3)C2=O)CC1.Cl. The molecular formula is C24H36ClFN4O3. The van der Waals surface area contributed by atoms with E-state index in [2.05, 4.69) is 15.1 Å². The molecule has 33 heavy (non-hydrogen) atoms. The topological polar surface area (TPSA) is 65.1 Å². The van der Waals surface area contributed by atoms with Crippen molar-refractivity contribution in [1.29, 1.82) is 0 Å². The summed E-state index contributed by atoms with van der Waals surface area (Å²) >= 11 is 0. The molecule has 184 valence electrons. The zero-order chi connectivity index (χ0) is 22.8. The number of benzene rings is 1. The van der Waals surface area contributed by atoms with E-state index >= 15 is 0 Å². The van der Waals surface area contributed by atoms with E-state index < -0.39 is 0 Å². The van der Waals surface area contributed by atoms with E-state index in [1.54, 1.807) is 6.07 Å². The van der Waals surface area contributed by atoms with Crippen molar-refractivity contribution in [1.82, 2.24) is 15.1 Å². The van der Waals surface area contributed by atoms with Gasteiger partial charge in [0.25, 0.3) is 0 Å². The van der Waals surface area contributed by atoms with Gasteiger partial charge in [-0.15, -0.1) is 12.4 Å². The third-order valence-electron chi connectivity index (χ3n) is 6.55. The van der Waals surface area contributed by atoms with E-state index in [1.165, 1.54) is 11.0 Å². The van der Waals surface area contributed by atoms with Crippen LogP contribution in [0.15, 0.2) is 18.2 Å². The van der Waals surface area contributed by atoms with Gasteiger partial charge in [-0.25, -0.2) is 4.39 Å². The predicted molar refractivity (Wildman–Crippen MR) is 129 cm³/mol. The van der Waals surface area contributed by atoms with Crippen molar-refractivity contribution in [2.24, 2.45) is 5.92 Å². The average molecular weight is 483 g/mol. The third-order valence-corrected chi connectivity index (χ3v) is 6.55. The minimum Gasteiger partial charge on any atom is -0.486 e. The van der Waals surface area contributed by atoms with E-state index in [4.69, 9.17) is 4.74 Å². The Labute approximate surface area is 202 Å². The smallest absolute Gasteiger partial charge is 0.247 e. The van der Waals surface area contributed by atoms with Crippen LogP contribution < -0.4 is 15.0 Å². The molecule has 1 saturated carbocycles. The van der Waals surface area contributed by atoms with Crippen molar-refractivity contribution in [2.45, 2.75) is 58.2 Å². The number of likely N-dealkylation sites (tertiary alicyclic amines) is 1. The molecule has 0 bridgehead atoms. The molecule has 0 spiro atoms. The van der Waals surface area contributed by atoms with E-state index in [0.717, 1.165) is 57.7 Å². The zero-order valence-electron chi connectivity index (χ0n) is 19.8. The molecule has 0 aromatic heterocycles. The number of hydrogen-bond acceptors (Lipinski definition) is 6. The van der Waals surface area contributed by atoms with Gasteiger partial charge in [-0.05, 0) is 51.8 Å². The second-order valence-electron chi connectivity index (χ2n) is 9.47. The van der Waals surface area contributed by atoms with Crippen LogP contribution >= 0.6 is 12.4 Å². The molecule has 1 aliphatic carbocycles. The summed E-state index contributed by atoms with van der Waals surface area (Å²) in [4.78, 5) is 31.2. The van der Waals surface area contributed by atoms with Gasteiger partial charge in [0.2, 0.25) is 11.8 Å². The quantitative estimate of drug-likeness (QED) is 0.546. The third kappa shape index (κ3) is 5.97. The molecule has 2 amide bonds. The summed E-state index contributed by atoms with van der Waals surface area (Å²) in [5.74, 6) is -0.405. The highest BCUT2D eigenvalue weighted by atomic mass is 35.5. The number of carbonyl (C=O) groups excluding carboxylic acids is 2. The Morgan fingerprint density at radius 2 is 1.79 bits per heavy atom. The first kappa shape index (κ1) is 25.7. The number of halogens is 2. The van der Waals surface area contributed by atoms with Gasteiger partial charge < -0.3 is 15.0 Å². The van der Waals surface area contributed by atoms with Crippen molar-refractivity contribution in [3.8, 4) is 5.75 Å². The molecule has 1 aromatic carbocycles. The molecule has 2 heterocycles. The van der Waals surface area contributed by atoms with Gasteiger partial charge in [0.05, 0.1) is 23.8 Å². The van der Waals surface area contributed by atoms with Crippen LogP contribution in [-0.2, 0) is 9.59 Å². The van der Waals surface area contributed by atoms with Crippen LogP contribution in [0.1, 0.15) is 40.0 Å². The Morgan fingerprint density at radius 3 is 2.42 bits per heavy atom. The summed E-state index contributed by atoms with van der Waals surface area (Å²) in [6.07, 6.45) is 2.86. The standard InChI is InChI=1S/C24H35FN4O3.ClH/c1-16(2)32-22-19(25)6-4-7-20(22)28-14-12-27(13-15-28)10-5-11-29-23(30)17(3)21(24(29)31)26-18-8-9-18;/h4,6-7,16-18,21,26H,5,8-15H2,1-3H3;1H. The second-order valence-corrected chi connectivity index (χ2v) is 9.47. The minimum atomic E-state index is -0.355. The van der Waals surface area contributed by atoms with Crippen LogP contribution in [0.2, 0.25) is 0 Å². The zero-order valence-corrected chi connectivity index (χ0v) is 20.6. The lowest BCUT2D eigenvalue weighted by atomic mass is 10.1. The molecule has 3 fully saturated rings. The number of anilines is 1. The monoisotopic (exact) mass is 482 g/mol. The van der Waals surface area contributed by atoms with Gasteiger partial charge in [0, 0.05) is 38.8 Å². The highest BCUT2D eigenvalue weighted by Gasteiger charge is 2.46. The van der Waals surface area contributed by atoms with E-state index in [1.807, 2.05) is 26.8 Å².